The maximum absolute atomic E-state index is 10.5. The van der Waals surface area contributed by atoms with Gasteiger partial charge in [-0.15, -0.1) is 0 Å². The van der Waals surface area contributed by atoms with E-state index < -0.39 is 0 Å². The first-order chi connectivity index (χ1) is 9.56. The molecule has 0 saturated heterocycles. The monoisotopic (exact) mass is 276 g/mol. The first kappa shape index (κ1) is 13.6. The molecule has 1 N–H and O–H groups in total. The van der Waals surface area contributed by atoms with Gasteiger partial charge in [0.2, 0.25) is 0 Å². The van der Waals surface area contributed by atoms with Gasteiger partial charge in [0, 0.05) is 0 Å². The molecule has 0 radical (unpaired) electrons. The summed E-state index contributed by atoms with van der Waals surface area (Å²) in [5.41, 5.74) is 0.912. The summed E-state index contributed by atoms with van der Waals surface area (Å²) < 4.78 is 0. The van der Waals surface area contributed by atoms with Crippen LogP contribution in [0.3, 0.4) is 0 Å². The van der Waals surface area contributed by atoms with Crippen molar-refractivity contribution in [2.24, 2.45) is 34.5 Å². The zero-order chi connectivity index (χ0) is 14.0. The largest absolute Gasteiger partial charge is 0.393 e. The molecule has 1 heteroatoms. The third-order valence-corrected chi connectivity index (χ3v) is 8.53. The van der Waals surface area contributed by atoms with Gasteiger partial charge in [0.1, 0.15) is 0 Å². The summed E-state index contributed by atoms with van der Waals surface area (Å²) in [5, 5.41) is 10.5. The predicted molar refractivity (Wildman–Crippen MR) is 82.4 cm³/mol. The Morgan fingerprint density at radius 3 is 2.40 bits per heavy atom. The summed E-state index contributed by atoms with van der Waals surface area (Å²) in [6.07, 6.45) is 14.0. The normalized spacial score (nSPS) is 58.6. The molecule has 4 saturated carbocycles. The number of aliphatic hydroxyl groups excluding tert-OH is 1. The molecule has 1 nitrogen and oxygen atoms in total. The molecule has 7 atom stereocenters. The van der Waals surface area contributed by atoms with Gasteiger partial charge in [-0.05, 0) is 85.9 Å². The minimum absolute atomic E-state index is 0.00895. The van der Waals surface area contributed by atoms with Gasteiger partial charge in [-0.3, -0.25) is 0 Å². The molecule has 114 valence electrons. The Kier molecular flexibility index (Phi) is 3.05. The molecule has 20 heavy (non-hydrogen) atoms. The smallest absolute Gasteiger partial charge is 0.0596 e. The Balaban J connectivity index is 1.64. The standard InChI is InChI=1S/C19H32O/c1-18-11-4-3-5-13(18)6-7-14-15-8-9-17(20)19(15,2)12-10-16(14)18/h13-17,20H,3-12H2,1-2H3/t13-,14?,15+,16+,17+,18+,19+/m1/s1. The molecule has 4 aliphatic rings. The Morgan fingerprint density at radius 2 is 1.55 bits per heavy atom. The molecule has 1 unspecified atom stereocenters. The lowest BCUT2D eigenvalue weighted by molar-refractivity contribution is -0.120. The van der Waals surface area contributed by atoms with E-state index in [2.05, 4.69) is 13.8 Å². The van der Waals surface area contributed by atoms with Gasteiger partial charge in [-0.2, -0.15) is 0 Å². The molecule has 0 spiro atoms. The van der Waals surface area contributed by atoms with Gasteiger partial charge in [-0.25, -0.2) is 0 Å². The minimum Gasteiger partial charge on any atom is -0.393 e. The summed E-state index contributed by atoms with van der Waals surface area (Å²) in [4.78, 5) is 0. The topological polar surface area (TPSA) is 20.2 Å². The third kappa shape index (κ3) is 1.65. The Morgan fingerprint density at radius 1 is 0.750 bits per heavy atom. The molecule has 0 aromatic rings. The third-order valence-electron chi connectivity index (χ3n) is 8.53. The van der Waals surface area contributed by atoms with E-state index in [1.54, 1.807) is 0 Å². The second kappa shape index (κ2) is 4.48. The Labute approximate surface area is 124 Å². The predicted octanol–water partition coefficient (Wildman–Crippen LogP) is 4.78. The average molecular weight is 276 g/mol. The molecule has 0 heterocycles. The molecule has 4 aliphatic carbocycles. The van der Waals surface area contributed by atoms with Crippen LogP contribution in [-0.4, -0.2) is 11.2 Å². The van der Waals surface area contributed by atoms with E-state index in [4.69, 9.17) is 0 Å². The van der Waals surface area contributed by atoms with Crippen molar-refractivity contribution in [1.82, 2.24) is 0 Å². The lowest BCUT2D eigenvalue weighted by atomic mass is 9.45. The molecular formula is C19H32O. The van der Waals surface area contributed by atoms with Crippen molar-refractivity contribution in [2.45, 2.75) is 84.2 Å². The van der Waals surface area contributed by atoms with E-state index in [-0.39, 0.29) is 11.5 Å². The quantitative estimate of drug-likeness (QED) is 0.675. The first-order valence-corrected chi connectivity index (χ1v) is 9.24. The highest BCUT2D eigenvalue weighted by Crippen LogP contribution is 2.66. The van der Waals surface area contributed by atoms with Crippen LogP contribution >= 0.6 is 0 Å². The summed E-state index contributed by atoms with van der Waals surface area (Å²) in [7, 11) is 0. The maximum atomic E-state index is 10.5. The maximum Gasteiger partial charge on any atom is 0.0596 e. The fourth-order valence-corrected chi connectivity index (χ4v) is 7.27. The van der Waals surface area contributed by atoms with E-state index in [1.165, 1.54) is 57.8 Å². The van der Waals surface area contributed by atoms with Gasteiger partial charge in [0.05, 0.1) is 6.10 Å². The zero-order valence-electron chi connectivity index (χ0n) is 13.4. The first-order valence-electron chi connectivity index (χ1n) is 9.24. The number of fused-ring (bicyclic) bond motifs is 5. The van der Waals surface area contributed by atoms with Gasteiger partial charge < -0.3 is 5.11 Å². The van der Waals surface area contributed by atoms with Gasteiger partial charge in [-0.1, -0.05) is 26.7 Å². The molecule has 0 aliphatic heterocycles. The fraction of sp³-hybridized carbons (Fsp3) is 1.00. The number of hydrogen-bond donors (Lipinski definition) is 1. The second-order valence-corrected chi connectivity index (χ2v) is 9.04. The molecule has 4 rings (SSSR count). The Hall–Kier alpha value is -0.0400. The average Bonchev–Trinajstić information content (AvgIpc) is 2.74. The summed E-state index contributed by atoms with van der Waals surface area (Å²) in [6, 6.07) is 0. The molecule has 0 amide bonds. The van der Waals surface area contributed by atoms with Gasteiger partial charge in [0.25, 0.3) is 0 Å². The van der Waals surface area contributed by atoms with E-state index in [1.807, 2.05) is 0 Å². The van der Waals surface area contributed by atoms with E-state index in [9.17, 15) is 5.11 Å². The Bertz CT molecular complexity index is 391. The van der Waals surface area contributed by atoms with E-state index >= 15 is 0 Å². The number of rotatable bonds is 0. The van der Waals surface area contributed by atoms with Crippen molar-refractivity contribution in [2.75, 3.05) is 0 Å². The van der Waals surface area contributed by atoms with Crippen molar-refractivity contribution in [3.63, 3.8) is 0 Å². The summed E-state index contributed by atoms with van der Waals surface area (Å²) >= 11 is 0. The number of hydrogen-bond acceptors (Lipinski definition) is 1. The fourth-order valence-electron chi connectivity index (χ4n) is 7.27. The van der Waals surface area contributed by atoms with Crippen molar-refractivity contribution in [3.8, 4) is 0 Å². The van der Waals surface area contributed by atoms with Gasteiger partial charge >= 0.3 is 0 Å². The van der Waals surface area contributed by atoms with Crippen molar-refractivity contribution >= 4 is 0 Å². The van der Waals surface area contributed by atoms with Crippen molar-refractivity contribution < 1.29 is 5.11 Å². The molecule has 0 aromatic heterocycles. The summed E-state index contributed by atoms with van der Waals surface area (Å²) in [6.45, 7) is 5.04. The summed E-state index contributed by atoms with van der Waals surface area (Å²) in [5.74, 6) is 3.76. The van der Waals surface area contributed by atoms with Crippen LogP contribution < -0.4 is 0 Å². The van der Waals surface area contributed by atoms with Crippen LogP contribution in [0, 0.1) is 34.5 Å². The highest BCUT2D eigenvalue weighted by molar-refractivity contribution is 5.08. The van der Waals surface area contributed by atoms with Gasteiger partial charge in [0.15, 0.2) is 0 Å². The lowest BCUT2D eigenvalue weighted by Gasteiger charge is -2.60. The van der Waals surface area contributed by atoms with E-state index in [0.717, 1.165) is 30.1 Å². The van der Waals surface area contributed by atoms with Crippen LogP contribution in [0.2, 0.25) is 0 Å². The molecular weight excluding hydrogens is 244 g/mol. The lowest BCUT2D eigenvalue weighted by Crippen LogP contribution is -2.53. The van der Waals surface area contributed by atoms with Crippen molar-refractivity contribution in [1.29, 1.82) is 0 Å². The number of aliphatic hydroxyl groups is 1. The van der Waals surface area contributed by atoms with Crippen LogP contribution in [-0.2, 0) is 0 Å². The van der Waals surface area contributed by atoms with Crippen LogP contribution in [0.15, 0.2) is 0 Å². The van der Waals surface area contributed by atoms with Crippen LogP contribution in [0.5, 0.6) is 0 Å². The minimum atomic E-state index is -0.00895. The van der Waals surface area contributed by atoms with Crippen LogP contribution in [0.1, 0.15) is 78.1 Å². The highest BCUT2D eigenvalue weighted by Gasteiger charge is 2.59. The molecule has 0 aromatic carbocycles. The van der Waals surface area contributed by atoms with Crippen LogP contribution in [0.4, 0.5) is 0 Å². The molecule has 4 fully saturated rings. The SMILES string of the molecule is C[C@]12CCCC[C@@H]1CCC1[C@@H]2CC[C@]2(C)[C@@H](O)CC[C@@H]12. The molecule has 0 bridgehead atoms. The van der Waals surface area contributed by atoms with E-state index in [0.29, 0.717) is 5.41 Å². The zero-order valence-corrected chi connectivity index (χ0v) is 13.4. The van der Waals surface area contributed by atoms with Crippen LogP contribution in [0.25, 0.3) is 0 Å². The van der Waals surface area contributed by atoms with Crippen molar-refractivity contribution in [3.05, 3.63) is 0 Å². The second-order valence-electron chi connectivity index (χ2n) is 9.04. The highest BCUT2D eigenvalue weighted by atomic mass is 16.3.